The third kappa shape index (κ3) is 36.7. The van der Waals surface area contributed by atoms with E-state index in [1.807, 2.05) is 27.2 Å². The number of hydrogen-bond donors (Lipinski definition) is 0. The Balaban J connectivity index is 2.36. The Morgan fingerprint density at radius 2 is 1.14 bits per heavy atom. The van der Waals surface area contributed by atoms with Gasteiger partial charge in [-0.15, -0.1) is 0 Å². The highest BCUT2D eigenvalue weighted by Gasteiger charge is 2.36. The summed E-state index contributed by atoms with van der Waals surface area (Å²) in [6, 6.07) is 0. The van der Waals surface area contributed by atoms with Crippen LogP contribution < -0.4 is 4.89 Å². The highest BCUT2D eigenvalue weighted by molar-refractivity contribution is 7.45. The van der Waals surface area contributed by atoms with Crippen LogP contribution in [0.2, 0.25) is 0 Å². The average molecular weight is 846 g/mol. The molecule has 1 heterocycles. The molecule has 336 valence electrons. The summed E-state index contributed by atoms with van der Waals surface area (Å²) < 4.78 is 39.6. The van der Waals surface area contributed by atoms with E-state index in [1.54, 1.807) is 0 Å². The van der Waals surface area contributed by atoms with Crippen molar-refractivity contribution in [3.8, 4) is 0 Å². The molecule has 59 heavy (non-hydrogen) atoms. The number of unbranched alkanes of at least 4 members (excludes halogenated alkanes) is 8. The number of hydrogen-bond acceptors (Lipinski definition) is 9. The number of quaternary nitrogens is 1. The largest absolute Gasteiger partial charge is 0.756 e. The molecule has 0 radical (unpaired) electrons. The van der Waals surface area contributed by atoms with E-state index in [4.69, 9.17) is 23.3 Å². The topological polar surface area (TPSA) is 124 Å². The predicted molar refractivity (Wildman–Crippen MR) is 240 cm³/mol. The van der Waals surface area contributed by atoms with E-state index >= 15 is 0 Å². The fraction of sp³-hybridized carbons (Fsp3) is 0.667. The first-order chi connectivity index (χ1) is 28.5. The summed E-state index contributed by atoms with van der Waals surface area (Å²) in [4.78, 5) is 37.6. The number of allylic oxidation sites excluding steroid dienone is 12. The number of epoxide rings is 1. The van der Waals surface area contributed by atoms with Gasteiger partial charge in [-0.3, -0.25) is 14.2 Å². The van der Waals surface area contributed by atoms with Crippen LogP contribution in [0.5, 0.6) is 0 Å². The van der Waals surface area contributed by atoms with Gasteiger partial charge in [-0.2, -0.15) is 0 Å². The summed E-state index contributed by atoms with van der Waals surface area (Å²) in [5.41, 5.74) is 0. The number of likely N-dealkylation sites (N-methyl/N-ethyl adjacent to an activating group) is 1. The first-order valence-electron chi connectivity index (χ1n) is 22.4. The summed E-state index contributed by atoms with van der Waals surface area (Å²) in [6.07, 6.45) is 47.8. The standard InChI is InChI=1S/C48H80NO9P/c1-6-8-10-12-14-16-17-18-19-20-21-22-23-25-27-29-34-38-47(50)54-42-44(43-56-59(52,53)55-41-40-49(3,4)5)57-48(51)39-35-31-30-33-37-46-45(58-46)36-32-28-26-24-15-13-11-9-7-2/h8,10,14-16,18-19,21-22,24,28,30,32-33,44-46H,6-7,9,11-13,17,20,23,25-27,29,31,34-43H2,1-5H3/b10-8-,16-14-,19-18-,22-21-,24-15-,32-28-,33-30-/t44-,45?,46?/m1/s1. The van der Waals surface area contributed by atoms with Crippen LogP contribution >= 0.6 is 7.82 Å². The Labute approximate surface area is 358 Å². The SMILES string of the molecule is CC/C=C\C/C=C\C/C=C\C/C=C\CCCCCCC(=O)OC[C@H](COP(=O)([O-])OCC[N+](C)(C)C)OC(=O)CCC/C=C\CC1OC1C/C=C\C/C=C\CCCCC. The molecule has 4 atom stereocenters. The van der Waals surface area contributed by atoms with Gasteiger partial charge in [0.2, 0.25) is 0 Å². The third-order valence-electron chi connectivity index (χ3n) is 9.30. The van der Waals surface area contributed by atoms with Crippen molar-refractivity contribution in [2.45, 2.75) is 161 Å². The van der Waals surface area contributed by atoms with E-state index in [2.05, 4.69) is 92.8 Å². The highest BCUT2D eigenvalue weighted by atomic mass is 31.2. The van der Waals surface area contributed by atoms with Crippen molar-refractivity contribution in [2.24, 2.45) is 0 Å². The zero-order valence-electron chi connectivity index (χ0n) is 37.4. The monoisotopic (exact) mass is 846 g/mol. The van der Waals surface area contributed by atoms with Gasteiger partial charge in [-0.1, -0.05) is 125 Å². The fourth-order valence-electron chi connectivity index (χ4n) is 5.68. The second kappa shape index (κ2) is 35.9. The molecular weight excluding hydrogens is 765 g/mol. The van der Waals surface area contributed by atoms with E-state index in [9.17, 15) is 19.0 Å². The molecule has 10 nitrogen and oxygen atoms in total. The molecule has 0 spiro atoms. The fourth-order valence-corrected chi connectivity index (χ4v) is 6.41. The second-order valence-electron chi connectivity index (χ2n) is 16.1. The number of carbonyl (C=O) groups is 2. The minimum absolute atomic E-state index is 0.0532. The van der Waals surface area contributed by atoms with Crippen molar-refractivity contribution < 1.29 is 46.8 Å². The molecule has 1 fully saturated rings. The van der Waals surface area contributed by atoms with Crippen LogP contribution in [0.25, 0.3) is 0 Å². The van der Waals surface area contributed by atoms with Gasteiger partial charge in [0.25, 0.3) is 7.82 Å². The predicted octanol–water partition coefficient (Wildman–Crippen LogP) is 11.2. The van der Waals surface area contributed by atoms with E-state index < -0.39 is 32.5 Å². The Bertz CT molecular complexity index is 1340. The first-order valence-corrected chi connectivity index (χ1v) is 23.9. The van der Waals surface area contributed by atoms with Gasteiger partial charge in [0.15, 0.2) is 6.10 Å². The maximum Gasteiger partial charge on any atom is 0.306 e. The maximum absolute atomic E-state index is 12.7. The van der Waals surface area contributed by atoms with Gasteiger partial charge in [0.1, 0.15) is 19.8 Å². The number of rotatable bonds is 38. The molecule has 0 amide bonds. The van der Waals surface area contributed by atoms with Gasteiger partial charge >= 0.3 is 11.9 Å². The van der Waals surface area contributed by atoms with Crippen LogP contribution in [-0.2, 0) is 37.4 Å². The quantitative estimate of drug-likeness (QED) is 0.0149. The van der Waals surface area contributed by atoms with Crippen LogP contribution in [0, 0.1) is 0 Å². The molecule has 0 saturated carbocycles. The van der Waals surface area contributed by atoms with E-state index in [0.717, 1.165) is 77.0 Å². The highest BCUT2D eigenvalue weighted by Crippen LogP contribution is 2.38. The summed E-state index contributed by atoms with van der Waals surface area (Å²) in [5.74, 6) is -0.945. The first kappa shape index (κ1) is 54.2. The van der Waals surface area contributed by atoms with E-state index in [0.29, 0.717) is 30.3 Å². The molecule has 0 aliphatic carbocycles. The van der Waals surface area contributed by atoms with Crippen LogP contribution in [-0.4, -0.2) is 82.2 Å². The molecule has 1 aliphatic rings. The Morgan fingerprint density at radius 1 is 0.627 bits per heavy atom. The van der Waals surface area contributed by atoms with E-state index in [1.165, 1.54) is 19.3 Å². The van der Waals surface area contributed by atoms with Crippen LogP contribution in [0.3, 0.4) is 0 Å². The van der Waals surface area contributed by atoms with Gasteiger partial charge in [0, 0.05) is 12.8 Å². The molecule has 0 aromatic rings. The minimum Gasteiger partial charge on any atom is -0.756 e. The third-order valence-corrected chi connectivity index (χ3v) is 10.3. The van der Waals surface area contributed by atoms with Crippen molar-refractivity contribution in [3.05, 3.63) is 85.1 Å². The zero-order chi connectivity index (χ0) is 43.3. The summed E-state index contributed by atoms with van der Waals surface area (Å²) in [7, 11) is 1.09. The Morgan fingerprint density at radius 3 is 1.75 bits per heavy atom. The molecule has 1 saturated heterocycles. The molecule has 0 bridgehead atoms. The van der Waals surface area contributed by atoms with Crippen LogP contribution in [0.4, 0.5) is 0 Å². The van der Waals surface area contributed by atoms with Crippen molar-refractivity contribution in [2.75, 3.05) is 47.5 Å². The summed E-state index contributed by atoms with van der Waals surface area (Å²) in [6.45, 7) is 3.95. The Kier molecular flexibility index (Phi) is 32.9. The summed E-state index contributed by atoms with van der Waals surface area (Å²) in [5, 5.41) is 0. The minimum atomic E-state index is -4.66. The number of phosphoric acid groups is 1. The number of ether oxygens (including phenoxy) is 3. The van der Waals surface area contributed by atoms with Crippen LogP contribution in [0.1, 0.15) is 142 Å². The lowest BCUT2D eigenvalue weighted by atomic mass is 10.1. The van der Waals surface area contributed by atoms with Gasteiger partial charge in [-0.05, 0) is 89.9 Å². The van der Waals surface area contributed by atoms with Gasteiger partial charge in [-0.25, -0.2) is 0 Å². The molecule has 1 aliphatic heterocycles. The molecule has 11 heteroatoms. The summed E-state index contributed by atoms with van der Waals surface area (Å²) >= 11 is 0. The Hall–Kier alpha value is -2.85. The molecule has 0 aromatic carbocycles. The normalized spacial score (nSPS) is 17.8. The molecule has 0 N–H and O–H groups in total. The lowest BCUT2D eigenvalue weighted by molar-refractivity contribution is -0.870. The average Bonchev–Trinajstić information content (AvgIpc) is 3.94. The van der Waals surface area contributed by atoms with Gasteiger partial charge in [0.05, 0.1) is 40.0 Å². The zero-order valence-corrected chi connectivity index (χ0v) is 38.2. The molecule has 3 unspecified atom stereocenters. The number of nitrogens with zero attached hydrogens (tertiary/aromatic N) is 1. The van der Waals surface area contributed by atoms with Crippen molar-refractivity contribution in [1.29, 1.82) is 0 Å². The second-order valence-corrected chi connectivity index (χ2v) is 17.5. The van der Waals surface area contributed by atoms with Crippen LogP contribution in [0.15, 0.2) is 85.1 Å². The van der Waals surface area contributed by atoms with Crippen molar-refractivity contribution >= 4 is 19.8 Å². The maximum atomic E-state index is 12.7. The van der Waals surface area contributed by atoms with Crippen molar-refractivity contribution in [3.63, 3.8) is 0 Å². The molecular formula is C48H80NO9P. The smallest absolute Gasteiger partial charge is 0.306 e. The lowest BCUT2D eigenvalue weighted by Crippen LogP contribution is -2.37. The lowest BCUT2D eigenvalue weighted by Gasteiger charge is -2.28. The van der Waals surface area contributed by atoms with Gasteiger partial charge < -0.3 is 32.6 Å². The number of carbonyl (C=O) groups excluding carboxylic acids is 2. The van der Waals surface area contributed by atoms with Crippen molar-refractivity contribution in [1.82, 2.24) is 0 Å². The number of phosphoric ester groups is 1. The molecule has 1 rings (SSSR count). The number of esters is 2. The molecule has 0 aromatic heterocycles. The van der Waals surface area contributed by atoms with E-state index in [-0.39, 0.29) is 38.3 Å².